The Hall–Kier alpha value is -1.59. The van der Waals surface area contributed by atoms with Crippen LogP contribution < -0.4 is 10.6 Å². The smallest absolute Gasteiger partial charge is 0.324 e. The van der Waals surface area contributed by atoms with Crippen molar-refractivity contribution >= 4 is 23.5 Å². The third kappa shape index (κ3) is 3.29. The van der Waals surface area contributed by atoms with Crippen LogP contribution in [0.5, 0.6) is 0 Å². The van der Waals surface area contributed by atoms with Gasteiger partial charge in [-0.3, -0.25) is 15.0 Å². The van der Waals surface area contributed by atoms with Crippen LogP contribution in [-0.2, 0) is 4.79 Å². The average Bonchev–Trinajstić information content (AvgIpc) is 2.84. The van der Waals surface area contributed by atoms with E-state index in [4.69, 9.17) is 11.6 Å². The molecule has 1 aromatic rings. The van der Waals surface area contributed by atoms with Crippen molar-refractivity contribution in [1.82, 2.24) is 15.5 Å². The first kappa shape index (κ1) is 14.8. The Kier molecular flexibility index (Phi) is 4.62. The lowest BCUT2D eigenvalue weighted by atomic mass is 10.1. The first-order valence-corrected chi connectivity index (χ1v) is 6.97. The molecule has 20 heavy (non-hydrogen) atoms. The van der Waals surface area contributed by atoms with Crippen molar-refractivity contribution in [2.75, 3.05) is 13.1 Å². The minimum atomic E-state index is -0.437. The molecule has 0 aromatic heterocycles. The molecule has 0 saturated carbocycles. The summed E-state index contributed by atoms with van der Waals surface area (Å²) in [4.78, 5) is 24.9. The molecule has 0 unspecified atom stereocenters. The molecule has 2 atom stereocenters. The van der Waals surface area contributed by atoms with E-state index in [0.29, 0.717) is 18.1 Å². The van der Waals surface area contributed by atoms with Crippen LogP contribution in [0.15, 0.2) is 24.3 Å². The molecule has 0 radical (unpaired) electrons. The van der Waals surface area contributed by atoms with Gasteiger partial charge in [0.2, 0.25) is 5.91 Å². The number of urea groups is 1. The summed E-state index contributed by atoms with van der Waals surface area (Å²) in [6.45, 7) is 4.66. The predicted octanol–water partition coefficient (Wildman–Crippen LogP) is 1.93. The maximum atomic E-state index is 12.2. The SMILES string of the molecule is C[C@@H](N[C@H](C)c1cccc(Cl)c1)C(=O)N1CCNC1=O. The van der Waals surface area contributed by atoms with Crippen LogP contribution in [0.3, 0.4) is 0 Å². The fraction of sp³-hybridized carbons (Fsp3) is 0.429. The third-order valence-electron chi connectivity index (χ3n) is 3.34. The Morgan fingerprint density at radius 3 is 2.80 bits per heavy atom. The summed E-state index contributed by atoms with van der Waals surface area (Å²) in [6, 6.07) is 6.70. The van der Waals surface area contributed by atoms with Gasteiger partial charge in [-0.25, -0.2) is 4.79 Å². The van der Waals surface area contributed by atoms with Crippen molar-refractivity contribution in [3.63, 3.8) is 0 Å². The summed E-state index contributed by atoms with van der Waals surface area (Å²) in [5.41, 5.74) is 1.00. The van der Waals surface area contributed by atoms with Crippen molar-refractivity contribution in [3.8, 4) is 0 Å². The molecule has 0 spiro atoms. The van der Waals surface area contributed by atoms with Gasteiger partial charge in [-0.15, -0.1) is 0 Å². The minimum Gasteiger partial charge on any atom is -0.336 e. The highest BCUT2D eigenvalue weighted by Crippen LogP contribution is 2.18. The fourth-order valence-corrected chi connectivity index (χ4v) is 2.43. The summed E-state index contributed by atoms with van der Waals surface area (Å²) >= 11 is 5.95. The molecule has 1 fully saturated rings. The Morgan fingerprint density at radius 1 is 1.45 bits per heavy atom. The van der Waals surface area contributed by atoms with E-state index in [0.717, 1.165) is 5.56 Å². The van der Waals surface area contributed by atoms with Gasteiger partial charge < -0.3 is 5.32 Å². The molecule has 6 heteroatoms. The number of carbonyl (C=O) groups is 2. The molecule has 1 aromatic carbocycles. The Morgan fingerprint density at radius 2 is 2.20 bits per heavy atom. The van der Waals surface area contributed by atoms with Crippen molar-refractivity contribution in [2.45, 2.75) is 25.9 Å². The minimum absolute atomic E-state index is 0.0293. The molecule has 0 aliphatic carbocycles. The lowest BCUT2D eigenvalue weighted by molar-refractivity contribution is -0.129. The summed E-state index contributed by atoms with van der Waals surface area (Å²) < 4.78 is 0. The molecular weight excluding hydrogens is 278 g/mol. The number of hydrogen-bond donors (Lipinski definition) is 2. The molecule has 0 bridgehead atoms. The lowest BCUT2D eigenvalue weighted by Crippen LogP contribution is -2.46. The van der Waals surface area contributed by atoms with E-state index in [9.17, 15) is 9.59 Å². The van der Waals surface area contributed by atoms with Crippen molar-refractivity contribution in [2.24, 2.45) is 0 Å². The molecule has 1 heterocycles. The van der Waals surface area contributed by atoms with Gasteiger partial charge in [-0.2, -0.15) is 0 Å². The van der Waals surface area contributed by atoms with Crippen LogP contribution in [0.25, 0.3) is 0 Å². The van der Waals surface area contributed by atoms with E-state index in [-0.39, 0.29) is 18.0 Å². The lowest BCUT2D eigenvalue weighted by Gasteiger charge is -2.23. The standard InChI is InChI=1S/C14H18ClN3O2/c1-9(11-4-3-5-12(15)8-11)17-10(2)13(19)18-7-6-16-14(18)20/h3-5,8-10,17H,6-7H2,1-2H3,(H,16,20)/t9-,10-/m1/s1. The highest BCUT2D eigenvalue weighted by molar-refractivity contribution is 6.30. The number of nitrogens with one attached hydrogen (secondary N) is 2. The van der Waals surface area contributed by atoms with E-state index < -0.39 is 6.04 Å². The Labute approximate surface area is 123 Å². The number of benzene rings is 1. The number of imide groups is 1. The van der Waals surface area contributed by atoms with Crippen LogP contribution in [0.1, 0.15) is 25.5 Å². The van der Waals surface area contributed by atoms with E-state index in [1.807, 2.05) is 25.1 Å². The van der Waals surface area contributed by atoms with E-state index >= 15 is 0 Å². The predicted molar refractivity (Wildman–Crippen MR) is 77.6 cm³/mol. The van der Waals surface area contributed by atoms with Gasteiger partial charge in [0.15, 0.2) is 0 Å². The molecule has 5 nitrogen and oxygen atoms in total. The first-order chi connectivity index (χ1) is 9.49. The zero-order valence-electron chi connectivity index (χ0n) is 11.5. The second-order valence-electron chi connectivity index (χ2n) is 4.89. The highest BCUT2D eigenvalue weighted by Gasteiger charge is 2.30. The van der Waals surface area contributed by atoms with E-state index in [1.54, 1.807) is 13.0 Å². The number of amides is 3. The number of halogens is 1. The molecule has 108 valence electrons. The molecule has 2 rings (SSSR count). The topological polar surface area (TPSA) is 61.4 Å². The van der Waals surface area contributed by atoms with Gasteiger partial charge in [-0.1, -0.05) is 23.7 Å². The van der Waals surface area contributed by atoms with Gasteiger partial charge in [-0.05, 0) is 31.5 Å². The molecule has 2 N–H and O–H groups in total. The van der Waals surface area contributed by atoms with Crippen LogP contribution in [0.4, 0.5) is 4.79 Å². The summed E-state index contributed by atoms with van der Waals surface area (Å²) in [5, 5.41) is 6.47. The number of hydrogen-bond acceptors (Lipinski definition) is 3. The zero-order valence-corrected chi connectivity index (χ0v) is 12.3. The molecule has 3 amide bonds. The van der Waals surface area contributed by atoms with Crippen molar-refractivity contribution in [1.29, 1.82) is 0 Å². The summed E-state index contributed by atoms with van der Waals surface area (Å²) in [5.74, 6) is -0.214. The summed E-state index contributed by atoms with van der Waals surface area (Å²) in [7, 11) is 0. The van der Waals surface area contributed by atoms with Crippen LogP contribution in [-0.4, -0.2) is 36.0 Å². The fourth-order valence-electron chi connectivity index (χ4n) is 2.23. The largest absolute Gasteiger partial charge is 0.336 e. The second kappa shape index (κ2) is 6.24. The van der Waals surface area contributed by atoms with Crippen molar-refractivity contribution in [3.05, 3.63) is 34.9 Å². The third-order valence-corrected chi connectivity index (χ3v) is 3.58. The van der Waals surface area contributed by atoms with Gasteiger partial charge in [0.05, 0.1) is 6.04 Å². The monoisotopic (exact) mass is 295 g/mol. The van der Waals surface area contributed by atoms with Crippen molar-refractivity contribution < 1.29 is 9.59 Å². The maximum Gasteiger partial charge on any atom is 0.324 e. The second-order valence-corrected chi connectivity index (χ2v) is 5.32. The number of rotatable bonds is 4. The molecule has 1 aliphatic rings. The van der Waals surface area contributed by atoms with Gasteiger partial charge in [0.25, 0.3) is 0 Å². The molecular formula is C14H18ClN3O2. The van der Waals surface area contributed by atoms with Crippen LogP contribution in [0.2, 0.25) is 5.02 Å². The Balaban J connectivity index is 1.98. The number of nitrogens with zero attached hydrogens (tertiary/aromatic N) is 1. The van der Waals surface area contributed by atoms with Crippen LogP contribution >= 0.6 is 11.6 Å². The van der Waals surface area contributed by atoms with Gasteiger partial charge in [0, 0.05) is 24.2 Å². The Bertz CT molecular complexity index is 521. The van der Waals surface area contributed by atoms with Gasteiger partial charge in [0.1, 0.15) is 0 Å². The van der Waals surface area contributed by atoms with E-state index in [2.05, 4.69) is 10.6 Å². The first-order valence-electron chi connectivity index (χ1n) is 6.59. The molecule has 1 saturated heterocycles. The zero-order chi connectivity index (χ0) is 14.7. The normalized spacial score (nSPS) is 17.8. The highest BCUT2D eigenvalue weighted by atomic mass is 35.5. The average molecular weight is 296 g/mol. The molecule has 1 aliphatic heterocycles. The van der Waals surface area contributed by atoms with Crippen LogP contribution in [0, 0.1) is 0 Å². The summed E-state index contributed by atoms with van der Waals surface area (Å²) in [6.07, 6.45) is 0. The quantitative estimate of drug-likeness (QED) is 0.892. The number of carbonyl (C=O) groups excluding carboxylic acids is 2. The van der Waals surface area contributed by atoms with E-state index in [1.165, 1.54) is 4.90 Å². The maximum absolute atomic E-state index is 12.2. The van der Waals surface area contributed by atoms with Gasteiger partial charge >= 0.3 is 6.03 Å².